The van der Waals surface area contributed by atoms with E-state index in [-0.39, 0.29) is 0 Å². The summed E-state index contributed by atoms with van der Waals surface area (Å²) in [6, 6.07) is 12.4. The van der Waals surface area contributed by atoms with Gasteiger partial charge in [-0.15, -0.1) is 0 Å². The van der Waals surface area contributed by atoms with E-state index in [0.717, 1.165) is 70.5 Å². The van der Waals surface area contributed by atoms with Crippen LogP contribution in [0.4, 0.5) is 20.2 Å². The Labute approximate surface area is 339 Å². The Kier molecular flexibility index (Phi) is 21.0. The molecule has 0 amide bonds. The first kappa shape index (κ1) is 46.8. The molecule has 0 bridgehead atoms. The van der Waals surface area contributed by atoms with Crippen LogP contribution < -0.4 is 20.5 Å². The summed E-state index contributed by atoms with van der Waals surface area (Å²) in [6.07, 6.45) is 19.7. The largest absolute Gasteiger partial charge is 0.494 e. The summed E-state index contributed by atoms with van der Waals surface area (Å²) in [5, 5.41) is 18.1. The molecular weight excluding hydrogens is 727 g/mol. The molecule has 0 radical (unpaired) electrons. The summed E-state index contributed by atoms with van der Waals surface area (Å²) in [7, 11) is 2.83. The fourth-order valence-electron chi connectivity index (χ4n) is 6.59. The van der Waals surface area contributed by atoms with Crippen LogP contribution in [-0.2, 0) is 22.1 Å². The Morgan fingerprint density at radius 1 is 1.04 bits per heavy atom. The predicted molar refractivity (Wildman–Crippen MR) is 228 cm³/mol. The van der Waals surface area contributed by atoms with Crippen LogP contribution in [0.15, 0.2) is 95.9 Å². The quantitative estimate of drug-likeness (QED) is 0.188. The molecule has 1 unspecified atom stereocenters. The number of aliphatic hydroxyl groups is 1. The summed E-state index contributed by atoms with van der Waals surface area (Å²) in [5.41, 5.74) is 6.36. The Balaban J connectivity index is 0.000000232. The predicted octanol–water partition coefficient (Wildman–Crippen LogP) is 8.08. The number of aliphatic hydroxyl groups excluding tert-OH is 1. The maximum absolute atomic E-state index is 14.1. The van der Waals surface area contributed by atoms with Gasteiger partial charge in [0.15, 0.2) is 0 Å². The third-order valence-electron chi connectivity index (χ3n) is 10.1. The molecule has 2 saturated heterocycles. The average Bonchev–Trinajstić information content (AvgIpc) is 4.00. The monoisotopic (exact) mass is 793 g/mol. The van der Waals surface area contributed by atoms with E-state index in [2.05, 4.69) is 99.8 Å². The van der Waals surface area contributed by atoms with E-state index in [1.807, 2.05) is 32.5 Å². The van der Waals surface area contributed by atoms with Gasteiger partial charge in [-0.25, -0.2) is 13.8 Å². The third-order valence-corrected chi connectivity index (χ3v) is 10.1. The number of anilines is 2. The second-order valence-corrected chi connectivity index (χ2v) is 14.7. The lowest BCUT2D eigenvalue weighted by Crippen LogP contribution is -2.43. The van der Waals surface area contributed by atoms with Crippen molar-refractivity contribution in [1.29, 1.82) is 0 Å². The number of halogens is 2. The SMILES string of the molecule is C1=NNCN1c1ccc(N2CCNCC2)cc1.CC1=CCC=C(OCC[C@@H]2CO[C@@](C)(c3ccc(F)cc3F)C2)C=C1.CCCC(C)CC.CO.Cn1cncn1. The molecule has 1 aliphatic carbocycles. The highest BCUT2D eigenvalue weighted by Crippen LogP contribution is 2.41. The zero-order valence-corrected chi connectivity index (χ0v) is 35.1. The molecule has 3 aliphatic heterocycles. The first-order valence-electron chi connectivity index (χ1n) is 20.2. The van der Waals surface area contributed by atoms with Crippen molar-refractivity contribution < 1.29 is 23.4 Å². The molecule has 7 rings (SSSR count). The highest BCUT2D eigenvalue weighted by atomic mass is 19.1. The van der Waals surface area contributed by atoms with Gasteiger partial charge in [-0.3, -0.25) is 10.1 Å². The number of piperazine rings is 1. The molecular formula is C44H66F2N8O3. The standard InChI is InChI=1S/C21H24F2O2.C12H17N5.C7H16.C3H5N3.CH4O/c1-15-4-3-5-18(8-6-15)24-11-10-16-13-21(2,25-14-16)19-9-7-17(22)12-20(19)23;1-3-12(17-9-14-15-10-17)4-2-11(1)16-7-5-13-6-8-16;1-4-6-7(3)5-2;1-6-3-4-2-5-6;1-2/h4-9,12,16H,3,10-11,13-14H2,1-2H3;1-4,9,13,15H,5-8,10H2;7H,4-6H2,1-3H3;2-3H,1H3;2H,1H3/t16-,21+;;;;/m0..../s1. The van der Waals surface area contributed by atoms with Crippen molar-refractivity contribution in [3.63, 3.8) is 0 Å². The number of allylic oxidation sites excluding steroid dienone is 5. The summed E-state index contributed by atoms with van der Waals surface area (Å²) in [6.45, 7) is 17.0. The van der Waals surface area contributed by atoms with Crippen molar-refractivity contribution in [2.45, 2.75) is 78.7 Å². The number of aryl methyl sites for hydroxylation is 1. The lowest BCUT2D eigenvalue weighted by Gasteiger charge is -2.29. The van der Waals surface area contributed by atoms with Crippen molar-refractivity contribution in [2.75, 3.05) is 63.0 Å². The van der Waals surface area contributed by atoms with Crippen LogP contribution in [0.1, 0.15) is 78.7 Å². The maximum Gasteiger partial charge on any atom is 0.137 e. The normalized spacial score (nSPS) is 20.1. The van der Waals surface area contributed by atoms with Crippen LogP contribution in [0.3, 0.4) is 0 Å². The Morgan fingerprint density at radius 3 is 2.35 bits per heavy atom. The van der Waals surface area contributed by atoms with E-state index in [9.17, 15) is 8.78 Å². The minimum absolute atomic E-state index is 0.296. The number of hydrazone groups is 1. The number of aromatic nitrogens is 3. The van der Waals surface area contributed by atoms with Gasteiger partial charge in [0.2, 0.25) is 0 Å². The average molecular weight is 793 g/mol. The molecule has 11 nitrogen and oxygen atoms in total. The minimum atomic E-state index is -0.703. The van der Waals surface area contributed by atoms with Gasteiger partial charge < -0.3 is 29.7 Å². The van der Waals surface area contributed by atoms with Gasteiger partial charge in [0, 0.05) is 63.3 Å². The summed E-state index contributed by atoms with van der Waals surface area (Å²) in [5.74, 6) is 1.02. The minimum Gasteiger partial charge on any atom is -0.494 e. The van der Waals surface area contributed by atoms with Crippen molar-refractivity contribution in [3.8, 4) is 0 Å². The summed E-state index contributed by atoms with van der Waals surface area (Å²) in [4.78, 5) is 8.17. The molecule has 4 heterocycles. The number of nitrogens with one attached hydrogen (secondary N) is 2. The molecule has 57 heavy (non-hydrogen) atoms. The van der Waals surface area contributed by atoms with Crippen LogP contribution in [0.2, 0.25) is 0 Å². The highest BCUT2D eigenvalue weighted by Gasteiger charge is 2.39. The molecule has 1 aromatic heterocycles. The lowest BCUT2D eigenvalue weighted by atomic mass is 9.87. The zero-order valence-electron chi connectivity index (χ0n) is 35.1. The van der Waals surface area contributed by atoms with Gasteiger partial charge in [0.1, 0.15) is 43.1 Å². The third kappa shape index (κ3) is 16.4. The van der Waals surface area contributed by atoms with Crippen molar-refractivity contribution >= 4 is 17.7 Å². The van der Waals surface area contributed by atoms with Crippen LogP contribution in [0.25, 0.3) is 0 Å². The number of rotatable bonds is 10. The van der Waals surface area contributed by atoms with Gasteiger partial charge in [-0.2, -0.15) is 10.2 Å². The fourth-order valence-corrected chi connectivity index (χ4v) is 6.59. The molecule has 3 aromatic rings. The van der Waals surface area contributed by atoms with Crippen LogP contribution in [-0.4, -0.2) is 79.4 Å². The molecule has 0 spiro atoms. The molecule has 2 fully saturated rings. The van der Waals surface area contributed by atoms with Gasteiger partial charge in [-0.05, 0) is 87.4 Å². The zero-order chi connectivity index (χ0) is 41.5. The highest BCUT2D eigenvalue weighted by molar-refractivity contribution is 5.80. The molecule has 0 saturated carbocycles. The van der Waals surface area contributed by atoms with E-state index >= 15 is 0 Å². The first-order valence-corrected chi connectivity index (χ1v) is 20.2. The van der Waals surface area contributed by atoms with E-state index in [0.29, 0.717) is 31.1 Å². The lowest BCUT2D eigenvalue weighted by molar-refractivity contribution is 0.0123. The Hall–Kier alpha value is -4.59. The van der Waals surface area contributed by atoms with Crippen molar-refractivity contribution in [2.24, 2.45) is 24.0 Å². The smallest absolute Gasteiger partial charge is 0.137 e. The van der Waals surface area contributed by atoms with Crippen LogP contribution in [0, 0.1) is 23.5 Å². The summed E-state index contributed by atoms with van der Waals surface area (Å²) >= 11 is 0. The van der Waals surface area contributed by atoms with Gasteiger partial charge in [-0.1, -0.05) is 63.8 Å². The Bertz CT molecular complexity index is 1680. The number of ether oxygens (including phenoxy) is 2. The number of benzene rings is 2. The molecule has 3 N–H and O–H groups in total. The molecule has 4 aliphatic rings. The van der Waals surface area contributed by atoms with Crippen LogP contribution in [0.5, 0.6) is 0 Å². The van der Waals surface area contributed by atoms with Crippen LogP contribution >= 0.6 is 0 Å². The van der Waals surface area contributed by atoms with E-state index in [1.165, 1.54) is 54.7 Å². The maximum atomic E-state index is 14.1. The van der Waals surface area contributed by atoms with Gasteiger partial charge in [0.05, 0.1) is 18.8 Å². The van der Waals surface area contributed by atoms with Crippen molar-refractivity contribution in [1.82, 2.24) is 25.5 Å². The second kappa shape index (κ2) is 25.6. The summed E-state index contributed by atoms with van der Waals surface area (Å²) < 4.78 is 40.6. The van der Waals surface area contributed by atoms with E-state index < -0.39 is 17.2 Å². The molecule has 314 valence electrons. The topological polar surface area (TPSA) is 112 Å². The Morgan fingerprint density at radius 2 is 1.77 bits per heavy atom. The van der Waals surface area contributed by atoms with E-state index in [1.54, 1.807) is 11.0 Å². The molecule has 2 aromatic carbocycles. The van der Waals surface area contributed by atoms with Gasteiger partial charge in [0.25, 0.3) is 0 Å². The van der Waals surface area contributed by atoms with Gasteiger partial charge >= 0.3 is 0 Å². The molecule has 13 heteroatoms. The molecule has 3 atom stereocenters. The van der Waals surface area contributed by atoms with E-state index in [4.69, 9.17) is 14.6 Å². The second-order valence-electron chi connectivity index (χ2n) is 14.7. The fraction of sp³-hybridized carbons (Fsp3) is 0.523. The number of hydrogen-bond donors (Lipinski definition) is 3. The number of hydrogen-bond acceptors (Lipinski definition) is 10. The van der Waals surface area contributed by atoms with Crippen molar-refractivity contribution in [3.05, 3.63) is 108 Å². The first-order chi connectivity index (χ1) is 27.6. The number of nitrogens with zero attached hydrogens (tertiary/aromatic N) is 6.